The number of aryl methyl sites for hydroxylation is 1. The van der Waals surface area contributed by atoms with Crippen LogP contribution in [0.25, 0.3) is 0 Å². The number of sulfonamides is 1. The molecule has 1 heterocycles. The van der Waals surface area contributed by atoms with Crippen LogP contribution in [0.5, 0.6) is 0 Å². The van der Waals surface area contributed by atoms with E-state index in [0.29, 0.717) is 0 Å². The van der Waals surface area contributed by atoms with Gasteiger partial charge < -0.3 is 10.3 Å². The zero-order valence-corrected chi connectivity index (χ0v) is 13.3. The van der Waals surface area contributed by atoms with Crippen molar-refractivity contribution in [2.45, 2.75) is 4.90 Å². The maximum atomic E-state index is 13.4. The van der Waals surface area contributed by atoms with Gasteiger partial charge in [0.25, 0.3) is 15.9 Å². The lowest BCUT2D eigenvalue weighted by molar-refractivity contribution is 0.0992. The lowest BCUT2D eigenvalue weighted by Crippen LogP contribution is -2.31. The summed E-state index contributed by atoms with van der Waals surface area (Å²) in [5.41, 5.74) is 4.99. The van der Waals surface area contributed by atoms with Gasteiger partial charge in [-0.05, 0) is 18.2 Å². The fraction of sp³-hybridized carbons (Fsp3) is 0.133. The highest BCUT2D eigenvalue weighted by Gasteiger charge is 2.27. The van der Waals surface area contributed by atoms with Gasteiger partial charge in [0.05, 0.1) is 12.2 Å². The van der Waals surface area contributed by atoms with Gasteiger partial charge in [-0.3, -0.25) is 9.10 Å². The number of carbonyl (C=O) groups is 1. The van der Waals surface area contributed by atoms with Crippen LogP contribution in [0.15, 0.2) is 35.4 Å². The quantitative estimate of drug-likeness (QED) is 0.821. The average molecular weight is 353 g/mol. The highest BCUT2D eigenvalue weighted by atomic mass is 32.2. The predicted octanol–water partition coefficient (Wildman–Crippen LogP) is 1.23. The molecule has 0 unspecified atom stereocenters. The van der Waals surface area contributed by atoms with Crippen molar-refractivity contribution in [2.75, 3.05) is 10.8 Å². The maximum absolute atomic E-state index is 13.4. The Bertz CT molecular complexity index is 945. The monoisotopic (exact) mass is 353 g/mol. The van der Waals surface area contributed by atoms with E-state index >= 15 is 0 Å². The van der Waals surface area contributed by atoms with Crippen molar-refractivity contribution in [3.63, 3.8) is 0 Å². The van der Waals surface area contributed by atoms with Crippen molar-refractivity contribution < 1.29 is 22.0 Å². The van der Waals surface area contributed by atoms with Crippen LogP contribution in [-0.2, 0) is 17.1 Å². The smallest absolute Gasteiger partial charge is 0.266 e. The number of halogens is 2. The van der Waals surface area contributed by atoms with Gasteiger partial charge in [0.2, 0.25) is 0 Å². The Labute approximate surface area is 137 Å². The lowest BCUT2D eigenvalue weighted by atomic mass is 10.3. The van der Waals surface area contributed by atoms with Crippen LogP contribution in [-0.4, -0.2) is 25.4 Å². The fourth-order valence-corrected chi connectivity index (χ4v) is 3.53. The summed E-state index contributed by atoms with van der Waals surface area (Å²) >= 11 is 0. The molecular formula is C15H13F2N3O3S. The van der Waals surface area contributed by atoms with Crippen LogP contribution >= 0.6 is 0 Å². The van der Waals surface area contributed by atoms with E-state index in [1.807, 2.05) is 0 Å². The summed E-state index contributed by atoms with van der Waals surface area (Å²) in [6.07, 6.45) is 6.37. The van der Waals surface area contributed by atoms with Gasteiger partial charge in [-0.1, -0.05) is 5.92 Å². The number of hydrogen-bond donors (Lipinski definition) is 1. The number of amides is 1. The molecule has 0 aliphatic carbocycles. The predicted molar refractivity (Wildman–Crippen MR) is 83.7 cm³/mol. The molecule has 0 fully saturated rings. The molecule has 1 aromatic heterocycles. The Balaban J connectivity index is 2.57. The molecular weight excluding hydrogens is 340 g/mol. The summed E-state index contributed by atoms with van der Waals surface area (Å²) in [6, 6.07) is 3.69. The average Bonchev–Trinajstić information content (AvgIpc) is 2.90. The molecule has 2 rings (SSSR count). The Hall–Kier alpha value is -2.86. The second-order valence-electron chi connectivity index (χ2n) is 4.85. The van der Waals surface area contributed by atoms with Gasteiger partial charge in [-0.15, -0.1) is 6.42 Å². The second kappa shape index (κ2) is 6.33. The number of terminal acetylenes is 1. The molecule has 2 N–H and O–H groups in total. The molecule has 1 amide bonds. The molecule has 6 nitrogen and oxygen atoms in total. The minimum absolute atomic E-state index is 0.0282. The van der Waals surface area contributed by atoms with Gasteiger partial charge in [0, 0.05) is 19.3 Å². The van der Waals surface area contributed by atoms with Crippen molar-refractivity contribution in [3.05, 3.63) is 47.8 Å². The van der Waals surface area contributed by atoms with Crippen LogP contribution in [0.4, 0.5) is 14.5 Å². The number of hydrogen-bond acceptors (Lipinski definition) is 3. The van der Waals surface area contributed by atoms with Crippen molar-refractivity contribution in [1.82, 2.24) is 4.57 Å². The number of nitrogens with zero attached hydrogens (tertiary/aromatic N) is 2. The molecule has 1 aromatic carbocycles. The van der Waals surface area contributed by atoms with E-state index in [1.165, 1.54) is 17.8 Å². The molecule has 0 saturated carbocycles. The third-order valence-corrected chi connectivity index (χ3v) is 4.99. The van der Waals surface area contributed by atoms with Crippen LogP contribution in [0.2, 0.25) is 0 Å². The lowest BCUT2D eigenvalue weighted by Gasteiger charge is -2.21. The van der Waals surface area contributed by atoms with E-state index in [1.54, 1.807) is 0 Å². The van der Waals surface area contributed by atoms with Gasteiger partial charge in [-0.2, -0.15) is 0 Å². The standard InChI is InChI=1S/C15H13F2N3O3S/c1-3-6-20(10-4-5-12(16)13(17)7-10)24(22,23)11-8-14(15(18)21)19(2)9-11/h1,4-5,7-9H,6H2,2H3,(H2,18,21). The Morgan fingerprint density at radius 2 is 2.00 bits per heavy atom. The molecule has 126 valence electrons. The minimum Gasteiger partial charge on any atom is -0.364 e. The molecule has 0 aliphatic heterocycles. The first-order chi connectivity index (χ1) is 11.2. The summed E-state index contributed by atoms with van der Waals surface area (Å²) in [5.74, 6) is -0.988. The largest absolute Gasteiger partial charge is 0.364 e. The summed E-state index contributed by atoms with van der Waals surface area (Å²) in [4.78, 5) is 11.0. The van der Waals surface area contributed by atoms with Crippen molar-refractivity contribution in [1.29, 1.82) is 0 Å². The normalized spacial score (nSPS) is 11.1. The Morgan fingerprint density at radius 1 is 1.33 bits per heavy atom. The number of anilines is 1. The number of aromatic nitrogens is 1. The number of benzene rings is 1. The van der Waals surface area contributed by atoms with E-state index in [-0.39, 0.29) is 16.3 Å². The van der Waals surface area contributed by atoms with Crippen LogP contribution < -0.4 is 10.0 Å². The number of rotatable bonds is 5. The Kier molecular flexibility index (Phi) is 4.61. The minimum atomic E-state index is -4.21. The molecule has 0 saturated heterocycles. The van der Waals surface area contributed by atoms with Crippen molar-refractivity contribution in [2.24, 2.45) is 12.8 Å². The molecule has 0 radical (unpaired) electrons. The van der Waals surface area contributed by atoms with Gasteiger partial charge in [0.15, 0.2) is 11.6 Å². The molecule has 0 bridgehead atoms. The van der Waals surface area contributed by atoms with Crippen molar-refractivity contribution >= 4 is 21.6 Å². The molecule has 24 heavy (non-hydrogen) atoms. The third-order valence-electron chi connectivity index (χ3n) is 3.25. The van der Waals surface area contributed by atoms with Crippen LogP contribution in [0.3, 0.4) is 0 Å². The molecule has 9 heteroatoms. The molecule has 0 atom stereocenters. The highest BCUT2D eigenvalue weighted by Crippen LogP contribution is 2.26. The summed E-state index contributed by atoms with van der Waals surface area (Å²) in [6.45, 7) is -0.409. The zero-order valence-electron chi connectivity index (χ0n) is 12.5. The first kappa shape index (κ1) is 17.5. The number of nitrogens with two attached hydrogens (primary N) is 1. The van der Waals surface area contributed by atoms with E-state index < -0.39 is 34.1 Å². The maximum Gasteiger partial charge on any atom is 0.266 e. The number of carbonyl (C=O) groups excluding carboxylic acids is 1. The zero-order chi connectivity index (χ0) is 18.1. The topological polar surface area (TPSA) is 85.4 Å². The van der Waals surface area contributed by atoms with Crippen LogP contribution in [0.1, 0.15) is 10.5 Å². The van der Waals surface area contributed by atoms with Crippen LogP contribution in [0, 0.1) is 24.0 Å². The van der Waals surface area contributed by atoms with Gasteiger partial charge in [0.1, 0.15) is 10.6 Å². The number of primary amides is 1. The first-order valence-electron chi connectivity index (χ1n) is 6.56. The van der Waals surface area contributed by atoms with E-state index in [9.17, 15) is 22.0 Å². The fourth-order valence-electron chi connectivity index (χ4n) is 2.09. The van der Waals surface area contributed by atoms with Crippen molar-refractivity contribution in [3.8, 4) is 12.3 Å². The molecule has 2 aromatic rings. The third kappa shape index (κ3) is 3.09. The Morgan fingerprint density at radius 3 is 2.50 bits per heavy atom. The van der Waals surface area contributed by atoms with E-state index in [2.05, 4.69) is 5.92 Å². The summed E-state index contributed by atoms with van der Waals surface area (Å²) < 4.78 is 54.0. The first-order valence-corrected chi connectivity index (χ1v) is 8.00. The molecule has 0 spiro atoms. The van der Waals surface area contributed by atoms with Gasteiger partial charge >= 0.3 is 0 Å². The van der Waals surface area contributed by atoms with E-state index in [4.69, 9.17) is 12.2 Å². The summed E-state index contributed by atoms with van der Waals surface area (Å²) in [5, 5.41) is 0. The SMILES string of the molecule is C#CCN(c1ccc(F)c(F)c1)S(=O)(=O)c1cc(C(N)=O)n(C)c1. The van der Waals surface area contributed by atoms with Gasteiger partial charge in [-0.25, -0.2) is 17.2 Å². The molecule has 0 aliphatic rings. The van der Waals surface area contributed by atoms with E-state index in [0.717, 1.165) is 28.6 Å². The highest BCUT2D eigenvalue weighted by molar-refractivity contribution is 7.92. The second-order valence-corrected chi connectivity index (χ2v) is 6.71. The summed E-state index contributed by atoms with van der Waals surface area (Å²) in [7, 11) is -2.76.